The van der Waals surface area contributed by atoms with Gasteiger partial charge in [-0.25, -0.2) is 0 Å². The molecule has 1 rings (SSSR count). The van der Waals surface area contributed by atoms with Gasteiger partial charge in [-0.1, -0.05) is 0 Å². The van der Waals surface area contributed by atoms with E-state index in [4.69, 9.17) is 11.5 Å². The van der Waals surface area contributed by atoms with Crippen LogP contribution in [0.5, 0.6) is 0 Å². The second kappa shape index (κ2) is 2.03. The number of aliphatic hydroxyl groups excluding tert-OH is 1. The highest BCUT2D eigenvalue weighted by Gasteiger charge is 2.29. The van der Waals surface area contributed by atoms with Gasteiger partial charge in [0, 0.05) is 14.1 Å². The standard InChI is InChI=1S/C5H12N4O/c1-8-4(7)3(6)5(10)9(8)2/h5,10H,6-7H2,1-2H3. The predicted molar refractivity (Wildman–Crippen MR) is 36.9 cm³/mol. The Hall–Kier alpha value is -0.940. The van der Waals surface area contributed by atoms with Gasteiger partial charge < -0.3 is 16.6 Å². The van der Waals surface area contributed by atoms with Gasteiger partial charge in [-0.3, -0.25) is 5.01 Å². The summed E-state index contributed by atoms with van der Waals surface area (Å²) >= 11 is 0. The summed E-state index contributed by atoms with van der Waals surface area (Å²) in [5.41, 5.74) is 11.2. The van der Waals surface area contributed by atoms with Crippen molar-refractivity contribution in [2.75, 3.05) is 14.1 Å². The minimum Gasteiger partial charge on any atom is -0.396 e. The first-order valence-electron chi connectivity index (χ1n) is 2.95. The highest BCUT2D eigenvalue weighted by molar-refractivity contribution is 5.14. The second-order valence-electron chi connectivity index (χ2n) is 2.31. The van der Waals surface area contributed by atoms with Crippen LogP contribution in [0, 0.1) is 0 Å². The molecule has 1 aliphatic rings. The lowest BCUT2D eigenvalue weighted by atomic mass is 10.4. The quantitative estimate of drug-likeness (QED) is 0.373. The van der Waals surface area contributed by atoms with Crippen LogP contribution in [-0.4, -0.2) is 35.4 Å². The summed E-state index contributed by atoms with van der Waals surface area (Å²) in [5.74, 6) is 0.412. The van der Waals surface area contributed by atoms with Crippen LogP contribution < -0.4 is 11.5 Å². The lowest BCUT2D eigenvalue weighted by Crippen LogP contribution is -2.38. The number of nitrogens with two attached hydrogens (primary N) is 2. The first kappa shape index (κ1) is 7.17. The van der Waals surface area contributed by atoms with Gasteiger partial charge >= 0.3 is 0 Å². The van der Waals surface area contributed by atoms with Crippen molar-refractivity contribution in [2.45, 2.75) is 6.23 Å². The van der Waals surface area contributed by atoms with Gasteiger partial charge in [0.2, 0.25) is 0 Å². The van der Waals surface area contributed by atoms with Crippen LogP contribution in [0.4, 0.5) is 0 Å². The third-order valence-electron chi connectivity index (χ3n) is 1.75. The molecule has 58 valence electrons. The maximum Gasteiger partial charge on any atom is 0.167 e. The van der Waals surface area contributed by atoms with E-state index in [2.05, 4.69) is 0 Å². The normalized spacial score (nSPS) is 28.3. The van der Waals surface area contributed by atoms with E-state index in [9.17, 15) is 5.11 Å². The van der Waals surface area contributed by atoms with E-state index < -0.39 is 6.23 Å². The fraction of sp³-hybridized carbons (Fsp3) is 0.600. The number of hydrazine groups is 1. The zero-order valence-corrected chi connectivity index (χ0v) is 6.07. The van der Waals surface area contributed by atoms with Crippen LogP contribution in [0.25, 0.3) is 0 Å². The first-order valence-corrected chi connectivity index (χ1v) is 2.95. The predicted octanol–water partition coefficient (Wildman–Crippen LogP) is -1.82. The van der Waals surface area contributed by atoms with Crippen molar-refractivity contribution in [3.63, 3.8) is 0 Å². The number of nitrogens with zero attached hydrogens (tertiary/aromatic N) is 2. The molecule has 1 aliphatic heterocycles. The smallest absolute Gasteiger partial charge is 0.167 e. The van der Waals surface area contributed by atoms with Crippen molar-refractivity contribution < 1.29 is 5.11 Å². The van der Waals surface area contributed by atoms with Crippen LogP contribution in [0.15, 0.2) is 11.5 Å². The Balaban J connectivity index is 2.88. The molecule has 1 heterocycles. The zero-order chi connectivity index (χ0) is 7.89. The van der Waals surface area contributed by atoms with E-state index in [1.54, 1.807) is 24.1 Å². The molecule has 0 aromatic rings. The van der Waals surface area contributed by atoms with Crippen molar-refractivity contribution in [2.24, 2.45) is 11.5 Å². The van der Waals surface area contributed by atoms with Crippen LogP contribution in [0.1, 0.15) is 0 Å². The Morgan fingerprint density at radius 3 is 2.00 bits per heavy atom. The summed E-state index contributed by atoms with van der Waals surface area (Å²) in [6.45, 7) is 0. The summed E-state index contributed by atoms with van der Waals surface area (Å²) in [5, 5.41) is 12.4. The third-order valence-corrected chi connectivity index (χ3v) is 1.75. The van der Waals surface area contributed by atoms with Gasteiger partial charge in [0.25, 0.3) is 0 Å². The molecule has 0 saturated carbocycles. The fourth-order valence-corrected chi connectivity index (χ4v) is 0.854. The average molecular weight is 144 g/mol. The van der Waals surface area contributed by atoms with Crippen LogP contribution in [0.3, 0.4) is 0 Å². The van der Waals surface area contributed by atoms with Crippen LogP contribution in [0.2, 0.25) is 0 Å². The Labute approximate surface area is 59.5 Å². The molecule has 5 nitrogen and oxygen atoms in total. The largest absolute Gasteiger partial charge is 0.396 e. The Bertz CT molecular complexity index is 160. The van der Waals surface area contributed by atoms with E-state index in [-0.39, 0.29) is 0 Å². The van der Waals surface area contributed by atoms with Gasteiger partial charge in [-0.15, -0.1) is 0 Å². The number of hydrogen-bond donors (Lipinski definition) is 3. The molecule has 0 fully saturated rings. The van der Waals surface area contributed by atoms with Crippen LogP contribution >= 0.6 is 0 Å². The summed E-state index contributed by atoms with van der Waals surface area (Å²) in [6, 6.07) is 0. The molecule has 1 atom stereocenters. The first-order chi connectivity index (χ1) is 4.55. The Kier molecular flexibility index (Phi) is 1.46. The molecule has 0 bridgehead atoms. The second-order valence-corrected chi connectivity index (χ2v) is 2.31. The highest BCUT2D eigenvalue weighted by Crippen LogP contribution is 2.16. The monoisotopic (exact) mass is 144 g/mol. The lowest BCUT2D eigenvalue weighted by molar-refractivity contribution is -0.0431. The van der Waals surface area contributed by atoms with Crippen LogP contribution in [-0.2, 0) is 0 Å². The summed E-state index contributed by atoms with van der Waals surface area (Å²) in [6.07, 6.45) is -0.773. The van der Waals surface area contributed by atoms with E-state index in [1.165, 1.54) is 0 Å². The number of rotatable bonds is 0. The molecule has 5 N–H and O–H groups in total. The zero-order valence-electron chi connectivity index (χ0n) is 6.07. The molecular weight excluding hydrogens is 132 g/mol. The van der Waals surface area contributed by atoms with E-state index in [0.717, 1.165) is 0 Å². The molecule has 0 aromatic heterocycles. The molecule has 0 aliphatic carbocycles. The minimum absolute atomic E-state index is 0.310. The Morgan fingerprint density at radius 2 is 1.90 bits per heavy atom. The number of hydrogen-bond acceptors (Lipinski definition) is 5. The molecule has 1 unspecified atom stereocenters. The third kappa shape index (κ3) is 0.714. The molecule has 0 radical (unpaired) electrons. The van der Waals surface area contributed by atoms with E-state index in [0.29, 0.717) is 11.5 Å². The van der Waals surface area contributed by atoms with Gasteiger partial charge in [0.05, 0.1) is 5.70 Å². The van der Waals surface area contributed by atoms with E-state index in [1.807, 2.05) is 0 Å². The molecule has 5 heteroatoms. The molecule has 10 heavy (non-hydrogen) atoms. The fourth-order valence-electron chi connectivity index (χ4n) is 0.854. The molecule has 0 spiro atoms. The topological polar surface area (TPSA) is 78.8 Å². The summed E-state index contributed by atoms with van der Waals surface area (Å²) in [4.78, 5) is 0. The molecule has 0 saturated heterocycles. The van der Waals surface area contributed by atoms with Crippen molar-refractivity contribution in [1.29, 1.82) is 0 Å². The highest BCUT2D eigenvalue weighted by atomic mass is 16.3. The van der Waals surface area contributed by atoms with Gasteiger partial charge in [0.1, 0.15) is 5.82 Å². The molecular formula is C5H12N4O. The minimum atomic E-state index is -0.773. The Morgan fingerprint density at radius 1 is 1.40 bits per heavy atom. The van der Waals surface area contributed by atoms with Crippen molar-refractivity contribution in [3.05, 3.63) is 11.5 Å². The maximum absolute atomic E-state index is 9.23. The summed E-state index contributed by atoms with van der Waals surface area (Å²) < 4.78 is 0. The lowest BCUT2D eigenvalue weighted by Gasteiger charge is -2.23. The summed E-state index contributed by atoms with van der Waals surface area (Å²) in [7, 11) is 3.44. The van der Waals surface area contributed by atoms with Crippen molar-refractivity contribution in [1.82, 2.24) is 10.0 Å². The van der Waals surface area contributed by atoms with Crippen molar-refractivity contribution >= 4 is 0 Å². The van der Waals surface area contributed by atoms with Crippen molar-refractivity contribution in [3.8, 4) is 0 Å². The van der Waals surface area contributed by atoms with E-state index >= 15 is 0 Å². The maximum atomic E-state index is 9.23. The SMILES string of the molecule is CN1C(N)=C(N)C(O)N1C. The average Bonchev–Trinajstić information content (AvgIpc) is 2.07. The molecule has 0 aromatic carbocycles. The van der Waals surface area contributed by atoms with Gasteiger partial charge in [-0.2, -0.15) is 5.01 Å². The van der Waals surface area contributed by atoms with Gasteiger partial charge in [-0.05, 0) is 0 Å². The molecule has 0 amide bonds. The van der Waals surface area contributed by atoms with Gasteiger partial charge in [0.15, 0.2) is 6.23 Å². The number of aliphatic hydroxyl groups is 1. The number of likely N-dealkylation sites (N-methyl/N-ethyl adjacent to an activating group) is 1.